The van der Waals surface area contributed by atoms with Gasteiger partial charge in [0.05, 0.1) is 29.8 Å². The number of rotatable bonds is 4. The Bertz CT molecular complexity index is 911. The van der Waals surface area contributed by atoms with Crippen molar-refractivity contribution < 1.29 is 9.53 Å². The van der Waals surface area contributed by atoms with Crippen molar-refractivity contribution >= 4 is 34.3 Å². The first-order valence-electron chi connectivity index (χ1n) is 8.82. The van der Waals surface area contributed by atoms with E-state index in [-0.39, 0.29) is 5.97 Å². The maximum atomic E-state index is 12.0. The lowest BCUT2D eigenvalue weighted by molar-refractivity contribution is 0.0599. The van der Waals surface area contributed by atoms with E-state index in [4.69, 9.17) is 4.74 Å². The number of hydrogen-bond acceptors (Lipinski definition) is 5. The van der Waals surface area contributed by atoms with Crippen molar-refractivity contribution in [3.63, 3.8) is 0 Å². The van der Waals surface area contributed by atoms with Crippen LogP contribution in [0.3, 0.4) is 0 Å². The van der Waals surface area contributed by atoms with Crippen molar-refractivity contribution in [3.8, 4) is 0 Å². The minimum atomic E-state index is -0.336. The van der Waals surface area contributed by atoms with Gasteiger partial charge in [0.1, 0.15) is 0 Å². The second kappa shape index (κ2) is 8.00. The van der Waals surface area contributed by atoms with Gasteiger partial charge in [0.2, 0.25) is 0 Å². The van der Waals surface area contributed by atoms with Gasteiger partial charge in [0, 0.05) is 11.4 Å². The van der Waals surface area contributed by atoms with Crippen LogP contribution in [0.2, 0.25) is 0 Å². The largest absolute Gasteiger partial charge is 0.465 e. The molecule has 142 valence electrons. The lowest BCUT2D eigenvalue weighted by Gasteiger charge is -2.15. The van der Waals surface area contributed by atoms with Crippen LogP contribution in [0.25, 0.3) is 0 Å². The fourth-order valence-corrected chi connectivity index (χ4v) is 3.76. The molecular weight excluding hydrogens is 360 g/mol. The van der Waals surface area contributed by atoms with Gasteiger partial charge >= 0.3 is 5.97 Å². The van der Waals surface area contributed by atoms with E-state index in [9.17, 15) is 4.79 Å². The standard InChI is InChI=1S/C20H24N4O2S/c1-11(2)14-6-8-15(9-7-14)22-20-24-23-16(10-27-20)18-12(3)17(13(4)21-18)19(25)26-5/h6-9,11,21H,10H2,1-5H3,(H,22,24). The van der Waals surface area contributed by atoms with E-state index >= 15 is 0 Å². The number of H-pyrrole nitrogens is 1. The Morgan fingerprint density at radius 1 is 1.26 bits per heavy atom. The number of ether oxygens (including phenoxy) is 1. The van der Waals surface area contributed by atoms with E-state index in [1.54, 1.807) is 11.8 Å². The number of aromatic nitrogens is 1. The van der Waals surface area contributed by atoms with Crippen LogP contribution in [0.4, 0.5) is 5.69 Å². The van der Waals surface area contributed by atoms with Crippen LogP contribution in [0.5, 0.6) is 0 Å². The van der Waals surface area contributed by atoms with Crippen molar-refractivity contribution in [1.29, 1.82) is 0 Å². The molecule has 1 aliphatic heterocycles. The first kappa shape index (κ1) is 19.2. The molecule has 1 aromatic heterocycles. The fraction of sp³-hybridized carbons (Fsp3) is 0.350. The molecule has 2 heterocycles. The van der Waals surface area contributed by atoms with Gasteiger partial charge in [-0.3, -0.25) is 5.43 Å². The zero-order valence-electron chi connectivity index (χ0n) is 16.2. The molecule has 7 heteroatoms. The topological polar surface area (TPSA) is 78.8 Å². The summed E-state index contributed by atoms with van der Waals surface area (Å²) in [6.45, 7) is 8.11. The number of aromatic amines is 1. The normalized spacial score (nSPS) is 15.6. The van der Waals surface area contributed by atoms with E-state index in [1.165, 1.54) is 12.7 Å². The summed E-state index contributed by atoms with van der Waals surface area (Å²) in [5, 5.41) is 5.21. The van der Waals surface area contributed by atoms with E-state index in [0.29, 0.717) is 17.2 Å². The molecule has 0 radical (unpaired) electrons. The number of aliphatic imine (C=N–C) groups is 1. The Morgan fingerprint density at radius 3 is 2.52 bits per heavy atom. The molecule has 27 heavy (non-hydrogen) atoms. The van der Waals surface area contributed by atoms with Crippen LogP contribution >= 0.6 is 11.8 Å². The highest BCUT2D eigenvalue weighted by atomic mass is 32.2. The first-order valence-corrected chi connectivity index (χ1v) is 9.81. The molecule has 0 amide bonds. The summed E-state index contributed by atoms with van der Waals surface area (Å²) in [4.78, 5) is 19.8. The lowest BCUT2D eigenvalue weighted by Crippen LogP contribution is -2.25. The number of amidine groups is 1. The average Bonchev–Trinajstić information content (AvgIpc) is 2.96. The van der Waals surface area contributed by atoms with Crippen molar-refractivity contribution in [1.82, 2.24) is 10.4 Å². The van der Waals surface area contributed by atoms with Crippen LogP contribution in [0.15, 0.2) is 34.4 Å². The second-order valence-corrected chi connectivity index (χ2v) is 7.70. The third kappa shape index (κ3) is 4.08. The van der Waals surface area contributed by atoms with Gasteiger partial charge in [-0.25, -0.2) is 9.79 Å². The molecule has 0 fully saturated rings. The second-order valence-electron chi connectivity index (χ2n) is 6.74. The fourth-order valence-electron chi connectivity index (χ4n) is 3.00. The summed E-state index contributed by atoms with van der Waals surface area (Å²) >= 11 is 1.58. The number of carbonyl (C=O) groups is 1. The summed E-state index contributed by atoms with van der Waals surface area (Å²) < 4.78 is 4.87. The molecule has 2 aromatic rings. The van der Waals surface area contributed by atoms with Crippen LogP contribution < -0.4 is 5.43 Å². The predicted octanol–water partition coefficient (Wildman–Crippen LogP) is 4.27. The van der Waals surface area contributed by atoms with Crippen LogP contribution in [0, 0.1) is 13.8 Å². The molecule has 0 saturated heterocycles. The van der Waals surface area contributed by atoms with Crippen molar-refractivity contribution in [2.24, 2.45) is 10.1 Å². The van der Waals surface area contributed by atoms with E-state index in [1.807, 2.05) is 26.0 Å². The van der Waals surface area contributed by atoms with E-state index < -0.39 is 0 Å². The minimum absolute atomic E-state index is 0.336. The Kier molecular flexibility index (Phi) is 5.70. The average molecular weight is 385 g/mol. The smallest absolute Gasteiger partial charge is 0.339 e. The molecule has 6 nitrogen and oxygen atoms in total. The Labute approximate surface area is 163 Å². The molecule has 0 atom stereocenters. The van der Waals surface area contributed by atoms with Crippen molar-refractivity contribution in [3.05, 3.63) is 52.3 Å². The highest BCUT2D eigenvalue weighted by Crippen LogP contribution is 2.24. The maximum Gasteiger partial charge on any atom is 0.339 e. The molecule has 2 N–H and O–H groups in total. The van der Waals surface area contributed by atoms with Crippen molar-refractivity contribution in [2.75, 3.05) is 12.9 Å². The third-order valence-corrected chi connectivity index (χ3v) is 5.41. The van der Waals surface area contributed by atoms with E-state index in [0.717, 1.165) is 33.5 Å². The summed E-state index contributed by atoms with van der Waals surface area (Å²) in [6.07, 6.45) is 0. The minimum Gasteiger partial charge on any atom is -0.465 e. The van der Waals surface area contributed by atoms with Gasteiger partial charge in [-0.2, -0.15) is 5.10 Å². The number of esters is 1. The van der Waals surface area contributed by atoms with Gasteiger partial charge in [-0.05, 0) is 43.0 Å². The number of nitrogens with zero attached hydrogens (tertiary/aromatic N) is 2. The lowest BCUT2D eigenvalue weighted by atomic mass is 10.0. The van der Waals surface area contributed by atoms with Crippen LogP contribution in [-0.2, 0) is 4.74 Å². The number of carbonyl (C=O) groups excluding carboxylic acids is 1. The number of aryl methyl sites for hydroxylation is 1. The zero-order valence-corrected chi connectivity index (χ0v) is 17.0. The molecule has 0 saturated carbocycles. The van der Waals surface area contributed by atoms with E-state index in [2.05, 4.69) is 46.5 Å². The van der Waals surface area contributed by atoms with Gasteiger partial charge in [-0.1, -0.05) is 37.7 Å². The quantitative estimate of drug-likeness (QED) is 0.772. The molecule has 3 rings (SSSR count). The predicted molar refractivity (Wildman–Crippen MR) is 111 cm³/mol. The molecule has 0 aliphatic carbocycles. The molecule has 0 spiro atoms. The zero-order chi connectivity index (χ0) is 19.6. The number of methoxy groups -OCH3 is 1. The number of hydrazone groups is 1. The number of benzene rings is 1. The van der Waals surface area contributed by atoms with Gasteiger partial charge in [0.15, 0.2) is 5.17 Å². The summed E-state index contributed by atoms with van der Waals surface area (Å²) in [5.74, 6) is 0.831. The number of thioether (sulfide) groups is 1. The molecular formula is C20H24N4O2S. The highest BCUT2D eigenvalue weighted by Gasteiger charge is 2.23. The highest BCUT2D eigenvalue weighted by molar-refractivity contribution is 8.14. The molecule has 0 bridgehead atoms. The summed E-state index contributed by atoms with van der Waals surface area (Å²) in [7, 11) is 1.39. The summed E-state index contributed by atoms with van der Waals surface area (Å²) in [6, 6.07) is 8.24. The van der Waals surface area contributed by atoms with Gasteiger partial charge in [-0.15, -0.1) is 0 Å². The van der Waals surface area contributed by atoms with Crippen LogP contribution in [-0.4, -0.2) is 34.7 Å². The number of nitrogens with one attached hydrogen (secondary N) is 2. The molecule has 1 aromatic carbocycles. The maximum absolute atomic E-state index is 12.0. The SMILES string of the molecule is COC(=O)c1c(C)[nH]c(C2=NNC(=Nc3ccc(C(C)C)cc3)SC2)c1C. The van der Waals surface area contributed by atoms with Gasteiger partial charge < -0.3 is 9.72 Å². The van der Waals surface area contributed by atoms with Crippen LogP contribution in [0.1, 0.15) is 52.6 Å². The summed E-state index contributed by atoms with van der Waals surface area (Å²) in [5.41, 5.74) is 9.12. The monoisotopic (exact) mass is 384 g/mol. The number of hydrogen-bond donors (Lipinski definition) is 2. The molecule has 1 aliphatic rings. The Balaban J connectivity index is 1.78. The third-order valence-electron chi connectivity index (χ3n) is 4.54. The Hall–Kier alpha value is -2.54. The molecule has 0 unspecified atom stereocenters. The first-order chi connectivity index (χ1) is 12.9. The van der Waals surface area contributed by atoms with Gasteiger partial charge in [0.25, 0.3) is 0 Å². The van der Waals surface area contributed by atoms with Crippen molar-refractivity contribution in [2.45, 2.75) is 33.6 Å². The Morgan fingerprint density at radius 2 is 1.96 bits per heavy atom.